The molecule has 3 N–H and O–H groups in total. The van der Waals surface area contributed by atoms with E-state index in [0.29, 0.717) is 22.4 Å². The van der Waals surface area contributed by atoms with E-state index in [0.717, 1.165) is 0 Å². The second kappa shape index (κ2) is 3.88. The minimum atomic E-state index is -0.543. The summed E-state index contributed by atoms with van der Waals surface area (Å²) in [4.78, 5) is 29.7. The SMILES string of the molecule is Nc1nc(-c2cccc3nccnc23)[nH]c(=O)n1. The Balaban J connectivity index is 2.34. The number of nitrogens with two attached hydrogens (primary N) is 1. The van der Waals surface area contributed by atoms with Gasteiger partial charge in [0.1, 0.15) is 5.82 Å². The average molecular weight is 240 g/mol. The number of anilines is 1. The zero-order valence-electron chi connectivity index (χ0n) is 9.16. The number of benzene rings is 1. The highest BCUT2D eigenvalue weighted by Crippen LogP contribution is 2.22. The fourth-order valence-corrected chi connectivity index (χ4v) is 1.71. The van der Waals surface area contributed by atoms with E-state index in [-0.39, 0.29) is 5.95 Å². The number of nitrogen functional groups attached to an aromatic ring is 1. The van der Waals surface area contributed by atoms with Crippen molar-refractivity contribution < 1.29 is 0 Å². The van der Waals surface area contributed by atoms with E-state index in [9.17, 15) is 4.79 Å². The van der Waals surface area contributed by atoms with Crippen LogP contribution < -0.4 is 11.4 Å². The first-order valence-electron chi connectivity index (χ1n) is 5.18. The Morgan fingerprint density at radius 1 is 1.11 bits per heavy atom. The zero-order valence-corrected chi connectivity index (χ0v) is 9.16. The Labute approximate surface area is 101 Å². The normalized spacial score (nSPS) is 10.7. The van der Waals surface area contributed by atoms with Crippen LogP contribution in [0.15, 0.2) is 35.4 Å². The first kappa shape index (κ1) is 10.3. The van der Waals surface area contributed by atoms with Crippen molar-refractivity contribution in [1.29, 1.82) is 0 Å². The number of fused-ring (bicyclic) bond motifs is 1. The van der Waals surface area contributed by atoms with Gasteiger partial charge in [-0.15, -0.1) is 0 Å². The van der Waals surface area contributed by atoms with Gasteiger partial charge in [-0.1, -0.05) is 6.07 Å². The molecule has 0 aliphatic carbocycles. The predicted molar refractivity (Wildman–Crippen MR) is 65.6 cm³/mol. The van der Waals surface area contributed by atoms with Crippen LogP contribution in [0.4, 0.5) is 5.95 Å². The Morgan fingerprint density at radius 3 is 2.78 bits per heavy atom. The fraction of sp³-hybridized carbons (Fsp3) is 0. The van der Waals surface area contributed by atoms with Crippen LogP contribution in [-0.2, 0) is 0 Å². The zero-order chi connectivity index (χ0) is 12.5. The van der Waals surface area contributed by atoms with E-state index < -0.39 is 5.69 Å². The lowest BCUT2D eigenvalue weighted by atomic mass is 10.1. The van der Waals surface area contributed by atoms with Crippen molar-refractivity contribution in [2.75, 3.05) is 5.73 Å². The molecule has 18 heavy (non-hydrogen) atoms. The predicted octanol–water partition coefficient (Wildman–Crippen LogP) is 0.357. The van der Waals surface area contributed by atoms with Gasteiger partial charge < -0.3 is 5.73 Å². The van der Waals surface area contributed by atoms with E-state index in [1.54, 1.807) is 18.5 Å². The largest absolute Gasteiger partial charge is 0.368 e. The van der Waals surface area contributed by atoms with Crippen LogP contribution in [0.5, 0.6) is 0 Å². The molecule has 3 rings (SSSR count). The molecule has 0 aliphatic heterocycles. The fourth-order valence-electron chi connectivity index (χ4n) is 1.71. The van der Waals surface area contributed by atoms with E-state index in [1.807, 2.05) is 12.1 Å². The summed E-state index contributed by atoms with van der Waals surface area (Å²) in [5.74, 6) is 0.258. The minimum absolute atomic E-state index is 0.0744. The van der Waals surface area contributed by atoms with Crippen molar-refractivity contribution in [3.63, 3.8) is 0 Å². The number of aromatic amines is 1. The number of nitrogens with zero attached hydrogens (tertiary/aromatic N) is 4. The number of H-pyrrole nitrogens is 1. The second-order valence-electron chi connectivity index (χ2n) is 3.59. The summed E-state index contributed by atoms with van der Waals surface area (Å²) in [6, 6.07) is 5.42. The van der Waals surface area contributed by atoms with Crippen LogP contribution in [-0.4, -0.2) is 24.9 Å². The summed E-state index contributed by atoms with van der Waals surface area (Å²) in [6.45, 7) is 0. The number of hydrogen-bond acceptors (Lipinski definition) is 6. The molecule has 0 unspecified atom stereocenters. The molecule has 7 heteroatoms. The smallest absolute Gasteiger partial charge is 0.349 e. The molecule has 0 saturated carbocycles. The van der Waals surface area contributed by atoms with Crippen molar-refractivity contribution in [2.24, 2.45) is 0 Å². The Kier molecular flexibility index (Phi) is 2.23. The molecule has 0 fully saturated rings. The van der Waals surface area contributed by atoms with Gasteiger partial charge >= 0.3 is 5.69 Å². The first-order valence-corrected chi connectivity index (χ1v) is 5.18. The van der Waals surface area contributed by atoms with Gasteiger partial charge in [0.15, 0.2) is 0 Å². The number of hydrogen-bond donors (Lipinski definition) is 2. The molecule has 88 valence electrons. The van der Waals surface area contributed by atoms with Gasteiger partial charge in [0.25, 0.3) is 0 Å². The van der Waals surface area contributed by atoms with Gasteiger partial charge in [0.05, 0.1) is 11.0 Å². The maximum atomic E-state index is 11.3. The molecule has 2 aromatic heterocycles. The van der Waals surface area contributed by atoms with Crippen molar-refractivity contribution in [1.82, 2.24) is 24.9 Å². The third kappa shape index (κ3) is 1.67. The highest BCUT2D eigenvalue weighted by atomic mass is 16.1. The summed E-state index contributed by atoms with van der Waals surface area (Å²) >= 11 is 0. The number of aromatic nitrogens is 5. The molecule has 0 bridgehead atoms. The lowest BCUT2D eigenvalue weighted by molar-refractivity contribution is 1.01. The quantitative estimate of drug-likeness (QED) is 0.635. The number of rotatable bonds is 1. The summed E-state index contributed by atoms with van der Waals surface area (Å²) in [5.41, 5.74) is 6.94. The van der Waals surface area contributed by atoms with Crippen molar-refractivity contribution in [2.45, 2.75) is 0 Å². The van der Waals surface area contributed by atoms with E-state index in [1.165, 1.54) is 0 Å². The summed E-state index contributed by atoms with van der Waals surface area (Å²) < 4.78 is 0. The van der Waals surface area contributed by atoms with Gasteiger partial charge in [0, 0.05) is 18.0 Å². The maximum absolute atomic E-state index is 11.3. The van der Waals surface area contributed by atoms with E-state index in [2.05, 4.69) is 24.9 Å². The molecule has 0 radical (unpaired) electrons. The van der Waals surface area contributed by atoms with E-state index >= 15 is 0 Å². The lowest BCUT2D eigenvalue weighted by Gasteiger charge is -2.04. The molecule has 0 saturated heterocycles. The lowest BCUT2D eigenvalue weighted by Crippen LogP contribution is -2.15. The maximum Gasteiger partial charge on any atom is 0.349 e. The molecule has 0 amide bonds. The van der Waals surface area contributed by atoms with E-state index in [4.69, 9.17) is 5.73 Å². The minimum Gasteiger partial charge on any atom is -0.368 e. The molecular weight excluding hydrogens is 232 g/mol. The third-order valence-electron chi connectivity index (χ3n) is 2.42. The van der Waals surface area contributed by atoms with Crippen LogP contribution in [0.2, 0.25) is 0 Å². The highest BCUT2D eigenvalue weighted by molar-refractivity contribution is 5.89. The van der Waals surface area contributed by atoms with Gasteiger partial charge in [-0.25, -0.2) is 4.79 Å². The van der Waals surface area contributed by atoms with Crippen LogP contribution in [0, 0.1) is 0 Å². The average Bonchev–Trinajstić information content (AvgIpc) is 2.37. The van der Waals surface area contributed by atoms with Crippen molar-refractivity contribution >= 4 is 17.0 Å². The summed E-state index contributed by atoms with van der Waals surface area (Å²) in [5, 5.41) is 0. The third-order valence-corrected chi connectivity index (χ3v) is 2.42. The van der Waals surface area contributed by atoms with Crippen molar-refractivity contribution in [3.8, 4) is 11.4 Å². The molecule has 1 aromatic carbocycles. The van der Waals surface area contributed by atoms with Gasteiger partial charge in [0.2, 0.25) is 5.95 Å². The molecule has 0 atom stereocenters. The number of nitrogens with one attached hydrogen (secondary N) is 1. The molecule has 3 aromatic rings. The molecule has 0 spiro atoms. The Morgan fingerprint density at radius 2 is 1.94 bits per heavy atom. The highest BCUT2D eigenvalue weighted by Gasteiger charge is 2.08. The monoisotopic (exact) mass is 240 g/mol. The molecular formula is C11H8N6O. The van der Waals surface area contributed by atoms with Gasteiger partial charge in [-0.3, -0.25) is 15.0 Å². The van der Waals surface area contributed by atoms with Crippen LogP contribution in [0.3, 0.4) is 0 Å². The summed E-state index contributed by atoms with van der Waals surface area (Å²) in [7, 11) is 0. The number of para-hydroxylation sites is 1. The second-order valence-corrected chi connectivity index (χ2v) is 3.59. The molecule has 2 heterocycles. The van der Waals surface area contributed by atoms with Crippen LogP contribution >= 0.6 is 0 Å². The Hall–Kier alpha value is -2.83. The van der Waals surface area contributed by atoms with Gasteiger partial charge in [-0.2, -0.15) is 9.97 Å². The van der Waals surface area contributed by atoms with Crippen LogP contribution in [0.1, 0.15) is 0 Å². The Bertz CT molecular complexity index is 776. The van der Waals surface area contributed by atoms with Gasteiger partial charge in [-0.05, 0) is 12.1 Å². The summed E-state index contributed by atoms with van der Waals surface area (Å²) in [6.07, 6.45) is 3.18. The molecule has 7 nitrogen and oxygen atoms in total. The van der Waals surface area contributed by atoms with Crippen LogP contribution in [0.25, 0.3) is 22.4 Å². The molecule has 0 aliphatic rings. The van der Waals surface area contributed by atoms with Crippen molar-refractivity contribution in [3.05, 3.63) is 41.1 Å². The standard InChI is InChI=1S/C11H8N6O/c12-10-15-9(16-11(18)17-10)6-2-1-3-7-8(6)14-5-4-13-7/h1-5H,(H3,12,15,16,17,18). The topological polar surface area (TPSA) is 110 Å². The first-order chi connectivity index (χ1) is 8.74.